The predicted molar refractivity (Wildman–Crippen MR) is 68.4 cm³/mol. The lowest BCUT2D eigenvalue weighted by molar-refractivity contribution is 0.470. The molecular weight excluding hydrogens is 236 g/mol. The van der Waals surface area contributed by atoms with Crippen LogP contribution < -0.4 is 10.5 Å². The Morgan fingerprint density at radius 3 is 2.71 bits per heavy atom. The van der Waals surface area contributed by atoms with E-state index in [1.54, 1.807) is 12.3 Å². The van der Waals surface area contributed by atoms with E-state index in [9.17, 15) is 0 Å². The molecule has 1 aromatic heterocycles. The molecule has 0 bridgehead atoms. The summed E-state index contributed by atoms with van der Waals surface area (Å²) in [5.74, 6) is 1.39. The largest absolute Gasteiger partial charge is 0.455 e. The van der Waals surface area contributed by atoms with Crippen molar-refractivity contribution in [3.63, 3.8) is 0 Å². The summed E-state index contributed by atoms with van der Waals surface area (Å²) < 4.78 is 5.79. The molecule has 0 aliphatic rings. The van der Waals surface area contributed by atoms with Crippen LogP contribution in [0.3, 0.4) is 0 Å². The molecule has 2 aromatic rings. The number of aryl methyl sites for hydroxylation is 1. The van der Waals surface area contributed by atoms with Crippen molar-refractivity contribution in [3.05, 3.63) is 52.8 Å². The van der Waals surface area contributed by atoms with E-state index in [4.69, 9.17) is 22.1 Å². The second-order valence-corrected chi connectivity index (χ2v) is 4.02. The number of aromatic nitrogens is 1. The zero-order valence-corrected chi connectivity index (χ0v) is 10.2. The van der Waals surface area contributed by atoms with Gasteiger partial charge in [-0.2, -0.15) is 0 Å². The van der Waals surface area contributed by atoms with Crippen molar-refractivity contribution in [2.24, 2.45) is 5.73 Å². The van der Waals surface area contributed by atoms with Crippen LogP contribution in [0.1, 0.15) is 11.3 Å². The van der Waals surface area contributed by atoms with Gasteiger partial charge in [0.1, 0.15) is 11.5 Å². The highest BCUT2D eigenvalue weighted by Crippen LogP contribution is 2.30. The molecule has 1 heterocycles. The summed E-state index contributed by atoms with van der Waals surface area (Å²) in [4.78, 5) is 4.16. The fourth-order valence-electron chi connectivity index (χ4n) is 1.53. The number of ether oxygens (including phenoxy) is 1. The first-order valence-corrected chi connectivity index (χ1v) is 5.67. The van der Waals surface area contributed by atoms with Crippen molar-refractivity contribution in [2.75, 3.05) is 0 Å². The second-order valence-electron chi connectivity index (χ2n) is 3.61. The van der Waals surface area contributed by atoms with Crippen molar-refractivity contribution in [1.29, 1.82) is 0 Å². The molecule has 0 amide bonds. The highest BCUT2D eigenvalue weighted by atomic mass is 35.5. The Bertz CT molecular complexity index is 529. The van der Waals surface area contributed by atoms with E-state index in [0.29, 0.717) is 23.1 Å². The fourth-order valence-corrected chi connectivity index (χ4v) is 1.77. The predicted octanol–water partition coefficient (Wildman–Crippen LogP) is 3.29. The van der Waals surface area contributed by atoms with Gasteiger partial charge in [-0.3, -0.25) is 4.98 Å². The molecule has 0 radical (unpaired) electrons. The summed E-state index contributed by atoms with van der Waals surface area (Å²) in [6.07, 6.45) is 1.73. The van der Waals surface area contributed by atoms with Crippen LogP contribution in [0.25, 0.3) is 0 Å². The number of benzene rings is 1. The Hall–Kier alpha value is -1.58. The summed E-state index contributed by atoms with van der Waals surface area (Å²) in [6.45, 7) is 2.23. The molecule has 0 atom stereocenters. The van der Waals surface area contributed by atoms with Crippen molar-refractivity contribution in [2.45, 2.75) is 13.5 Å². The van der Waals surface area contributed by atoms with Gasteiger partial charge in [0, 0.05) is 23.3 Å². The molecule has 17 heavy (non-hydrogen) atoms. The minimum absolute atomic E-state index is 0.342. The average molecular weight is 249 g/mol. The number of halogens is 1. The highest BCUT2D eigenvalue weighted by molar-refractivity contribution is 6.31. The molecule has 0 fully saturated rings. The van der Waals surface area contributed by atoms with Gasteiger partial charge in [0.25, 0.3) is 0 Å². The summed E-state index contributed by atoms with van der Waals surface area (Å²) >= 11 is 6.06. The Morgan fingerprint density at radius 2 is 2.00 bits per heavy atom. The third-order valence-corrected chi connectivity index (χ3v) is 2.81. The third-order valence-electron chi connectivity index (χ3n) is 2.46. The quantitative estimate of drug-likeness (QED) is 0.907. The summed E-state index contributed by atoms with van der Waals surface area (Å²) in [5.41, 5.74) is 7.30. The van der Waals surface area contributed by atoms with Crippen LogP contribution in [-0.4, -0.2) is 4.98 Å². The second kappa shape index (κ2) is 5.17. The molecule has 0 spiro atoms. The van der Waals surface area contributed by atoms with Crippen LogP contribution in [0, 0.1) is 6.92 Å². The minimum atomic E-state index is 0.342. The van der Waals surface area contributed by atoms with E-state index in [1.807, 2.05) is 31.2 Å². The lowest BCUT2D eigenvalue weighted by atomic mass is 10.2. The highest BCUT2D eigenvalue weighted by Gasteiger charge is 2.08. The maximum Gasteiger partial charge on any atom is 0.148 e. The first kappa shape index (κ1) is 11.9. The van der Waals surface area contributed by atoms with E-state index < -0.39 is 0 Å². The smallest absolute Gasteiger partial charge is 0.148 e. The van der Waals surface area contributed by atoms with Gasteiger partial charge in [0.05, 0.1) is 5.69 Å². The van der Waals surface area contributed by atoms with E-state index in [0.717, 1.165) is 11.3 Å². The third kappa shape index (κ3) is 2.57. The summed E-state index contributed by atoms with van der Waals surface area (Å²) in [6, 6.07) is 9.17. The van der Waals surface area contributed by atoms with Gasteiger partial charge in [-0.15, -0.1) is 0 Å². The average Bonchev–Trinajstić information content (AvgIpc) is 2.32. The van der Waals surface area contributed by atoms with Crippen LogP contribution >= 0.6 is 11.6 Å². The molecule has 2 rings (SSSR count). The Morgan fingerprint density at radius 1 is 1.24 bits per heavy atom. The molecule has 0 saturated heterocycles. The van der Waals surface area contributed by atoms with Crippen LogP contribution in [0.5, 0.6) is 11.5 Å². The maximum atomic E-state index is 6.06. The number of hydrogen-bond donors (Lipinski definition) is 1. The normalized spacial score (nSPS) is 10.3. The van der Waals surface area contributed by atoms with Crippen LogP contribution in [-0.2, 0) is 6.54 Å². The number of pyridine rings is 1. The lowest BCUT2D eigenvalue weighted by Gasteiger charge is -2.12. The topological polar surface area (TPSA) is 48.1 Å². The first-order valence-electron chi connectivity index (χ1n) is 5.29. The lowest BCUT2D eigenvalue weighted by Crippen LogP contribution is -2.01. The maximum absolute atomic E-state index is 6.06. The van der Waals surface area contributed by atoms with Crippen molar-refractivity contribution in [1.82, 2.24) is 4.98 Å². The van der Waals surface area contributed by atoms with E-state index in [-0.39, 0.29) is 0 Å². The van der Waals surface area contributed by atoms with Gasteiger partial charge >= 0.3 is 0 Å². The SMILES string of the molecule is Cc1ncccc1Oc1cccc(Cl)c1CN. The molecule has 3 nitrogen and oxygen atoms in total. The fraction of sp³-hybridized carbons (Fsp3) is 0.154. The Labute approximate surface area is 105 Å². The summed E-state index contributed by atoms with van der Waals surface area (Å²) in [7, 11) is 0. The van der Waals surface area contributed by atoms with Crippen LogP contribution in [0.15, 0.2) is 36.5 Å². The molecular formula is C13H13ClN2O. The monoisotopic (exact) mass is 248 g/mol. The number of rotatable bonds is 3. The molecule has 0 unspecified atom stereocenters. The molecule has 0 aliphatic heterocycles. The molecule has 2 N–H and O–H groups in total. The standard InChI is InChI=1S/C13H13ClN2O/c1-9-12(6-3-7-16-9)17-13-5-2-4-11(14)10(13)8-15/h2-7H,8,15H2,1H3. The van der Waals surface area contributed by atoms with Crippen molar-refractivity contribution < 1.29 is 4.74 Å². The van der Waals surface area contributed by atoms with Crippen molar-refractivity contribution >= 4 is 11.6 Å². The number of nitrogens with two attached hydrogens (primary N) is 1. The first-order chi connectivity index (χ1) is 8.22. The summed E-state index contributed by atoms with van der Waals surface area (Å²) in [5, 5.41) is 0.617. The van der Waals surface area contributed by atoms with Gasteiger partial charge < -0.3 is 10.5 Å². The molecule has 0 aliphatic carbocycles. The van der Waals surface area contributed by atoms with E-state index in [2.05, 4.69) is 4.98 Å². The Balaban J connectivity index is 2.37. The van der Waals surface area contributed by atoms with E-state index in [1.165, 1.54) is 0 Å². The van der Waals surface area contributed by atoms with Crippen molar-refractivity contribution in [3.8, 4) is 11.5 Å². The molecule has 0 saturated carbocycles. The zero-order chi connectivity index (χ0) is 12.3. The van der Waals surface area contributed by atoms with Gasteiger partial charge in [-0.25, -0.2) is 0 Å². The van der Waals surface area contributed by atoms with Gasteiger partial charge in [-0.05, 0) is 31.2 Å². The molecule has 1 aromatic carbocycles. The number of nitrogens with zero attached hydrogens (tertiary/aromatic N) is 1. The minimum Gasteiger partial charge on any atom is -0.455 e. The Kier molecular flexibility index (Phi) is 3.61. The molecule has 4 heteroatoms. The van der Waals surface area contributed by atoms with Gasteiger partial charge in [-0.1, -0.05) is 17.7 Å². The van der Waals surface area contributed by atoms with Gasteiger partial charge in [0.15, 0.2) is 0 Å². The van der Waals surface area contributed by atoms with Gasteiger partial charge in [0.2, 0.25) is 0 Å². The molecule has 88 valence electrons. The number of hydrogen-bond acceptors (Lipinski definition) is 3. The van der Waals surface area contributed by atoms with Crippen LogP contribution in [0.2, 0.25) is 5.02 Å². The van der Waals surface area contributed by atoms with Crippen LogP contribution in [0.4, 0.5) is 0 Å². The zero-order valence-electron chi connectivity index (χ0n) is 9.48. The van der Waals surface area contributed by atoms with E-state index >= 15 is 0 Å².